The molecule has 1 heterocycles. The smallest absolute Gasteiger partial charge is 0.152 e. The van der Waals surface area contributed by atoms with E-state index in [0.717, 1.165) is 19.4 Å². The molecule has 0 aromatic rings. The number of carbonyl (C=O) groups excluding carboxylic acids is 1. The zero-order valence-electron chi connectivity index (χ0n) is 8.67. The van der Waals surface area contributed by atoms with Gasteiger partial charge in [-0.15, -0.1) is 0 Å². The van der Waals surface area contributed by atoms with Gasteiger partial charge in [0.25, 0.3) is 0 Å². The Kier molecular flexibility index (Phi) is 3.88. The van der Waals surface area contributed by atoms with Crippen LogP contribution in [0.4, 0.5) is 0 Å². The topological polar surface area (TPSA) is 38.3 Å². The predicted molar refractivity (Wildman–Crippen MR) is 51.7 cm³/mol. The van der Waals surface area contributed by atoms with E-state index >= 15 is 0 Å². The Balaban J connectivity index is 2.41. The van der Waals surface area contributed by atoms with E-state index in [9.17, 15) is 4.79 Å². The molecule has 1 aliphatic rings. The van der Waals surface area contributed by atoms with Crippen molar-refractivity contribution >= 4 is 5.78 Å². The minimum Gasteiger partial charge on any atom is -0.380 e. The van der Waals surface area contributed by atoms with Crippen molar-refractivity contribution < 1.29 is 9.53 Å². The number of methoxy groups -OCH3 is 1. The second kappa shape index (κ2) is 4.72. The molecule has 3 unspecified atom stereocenters. The molecule has 0 amide bonds. The molecule has 0 aliphatic carbocycles. The SMILES string of the molecule is CCC(C)C(=O)C1CC(OC)CN1. The molecule has 1 saturated heterocycles. The summed E-state index contributed by atoms with van der Waals surface area (Å²) < 4.78 is 5.19. The molecule has 1 N–H and O–H groups in total. The van der Waals surface area contributed by atoms with Crippen LogP contribution in [0.1, 0.15) is 26.7 Å². The Morgan fingerprint density at radius 2 is 2.38 bits per heavy atom. The van der Waals surface area contributed by atoms with Gasteiger partial charge in [0.15, 0.2) is 5.78 Å². The molecule has 0 radical (unpaired) electrons. The average molecular weight is 185 g/mol. The first-order valence-electron chi connectivity index (χ1n) is 4.99. The number of Topliss-reactive ketones (excluding diaryl/α,β-unsaturated/α-hetero) is 1. The fraction of sp³-hybridized carbons (Fsp3) is 0.900. The van der Waals surface area contributed by atoms with Crippen LogP contribution in [0.5, 0.6) is 0 Å². The van der Waals surface area contributed by atoms with Crippen molar-refractivity contribution in [2.75, 3.05) is 13.7 Å². The molecule has 3 atom stereocenters. The van der Waals surface area contributed by atoms with E-state index in [2.05, 4.69) is 5.32 Å². The summed E-state index contributed by atoms with van der Waals surface area (Å²) in [5.74, 6) is 0.509. The monoisotopic (exact) mass is 185 g/mol. The maximum Gasteiger partial charge on any atom is 0.152 e. The summed E-state index contributed by atoms with van der Waals surface area (Å²) in [5.41, 5.74) is 0. The van der Waals surface area contributed by atoms with E-state index in [0.29, 0.717) is 5.78 Å². The van der Waals surface area contributed by atoms with Crippen molar-refractivity contribution in [3.05, 3.63) is 0 Å². The Hall–Kier alpha value is -0.410. The third-order valence-corrected chi connectivity index (χ3v) is 2.87. The number of rotatable bonds is 4. The van der Waals surface area contributed by atoms with E-state index in [1.807, 2.05) is 13.8 Å². The largest absolute Gasteiger partial charge is 0.380 e. The van der Waals surface area contributed by atoms with Gasteiger partial charge in [0, 0.05) is 19.6 Å². The number of ketones is 1. The van der Waals surface area contributed by atoms with Crippen LogP contribution in [0.25, 0.3) is 0 Å². The van der Waals surface area contributed by atoms with Crippen molar-refractivity contribution in [1.29, 1.82) is 0 Å². The highest BCUT2D eigenvalue weighted by Crippen LogP contribution is 2.15. The lowest BCUT2D eigenvalue weighted by Crippen LogP contribution is -2.34. The van der Waals surface area contributed by atoms with E-state index in [-0.39, 0.29) is 18.1 Å². The van der Waals surface area contributed by atoms with Gasteiger partial charge in [-0.05, 0) is 12.8 Å². The molecule has 0 spiro atoms. The van der Waals surface area contributed by atoms with Crippen molar-refractivity contribution in [1.82, 2.24) is 5.32 Å². The van der Waals surface area contributed by atoms with Gasteiger partial charge in [0.2, 0.25) is 0 Å². The number of ether oxygens (including phenoxy) is 1. The van der Waals surface area contributed by atoms with Crippen LogP contribution in [-0.4, -0.2) is 31.6 Å². The highest BCUT2D eigenvalue weighted by atomic mass is 16.5. The lowest BCUT2D eigenvalue weighted by molar-refractivity contribution is -0.124. The van der Waals surface area contributed by atoms with Gasteiger partial charge in [-0.3, -0.25) is 4.79 Å². The predicted octanol–water partition coefficient (Wildman–Crippen LogP) is 0.978. The van der Waals surface area contributed by atoms with Crippen molar-refractivity contribution in [2.45, 2.75) is 38.8 Å². The molecule has 3 nitrogen and oxygen atoms in total. The van der Waals surface area contributed by atoms with Gasteiger partial charge >= 0.3 is 0 Å². The number of carbonyl (C=O) groups is 1. The van der Waals surface area contributed by atoms with Crippen LogP contribution >= 0.6 is 0 Å². The molecule has 0 saturated carbocycles. The third-order valence-electron chi connectivity index (χ3n) is 2.87. The lowest BCUT2D eigenvalue weighted by atomic mass is 9.96. The molecule has 76 valence electrons. The average Bonchev–Trinajstić information content (AvgIpc) is 2.63. The Morgan fingerprint density at radius 1 is 1.69 bits per heavy atom. The molecule has 0 bridgehead atoms. The molecule has 1 fully saturated rings. The highest BCUT2D eigenvalue weighted by Gasteiger charge is 2.30. The summed E-state index contributed by atoms with van der Waals surface area (Å²) in [5, 5.41) is 3.20. The van der Waals surface area contributed by atoms with Crippen LogP contribution in [0, 0.1) is 5.92 Å². The molecule has 3 heteroatoms. The second-order valence-corrected chi connectivity index (χ2v) is 3.77. The maximum absolute atomic E-state index is 11.7. The molecule has 13 heavy (non-hydrogen) atoms. The summed E-state index contributed by atoms with van der Waals surface area (Å²) >= 11 is 0. The maximum atomic E-state index is 11.7. The number of nitrogens with one attached hydrogen (secondary N) is 1. The lowest BCUT2D eigenvalue weighted by Gasteiger charge is -2.13. The van der Waals surface area contributed by atoms with Gasteiger partial charge in [-0.2, -0.15) is 0 Å². The van der Waals surface area contributed by atoms with Crippen LogP contribution < -0.4 is 5.32 Å². The fourth-order valence-corrected chi connectivity index (χ4v) is 1.64. The second-order valence-electron chi connectivity index (χ2n) is 3.77. The zero-order chi connectivity index (χ0) is 9.84. The van der Waals surface area contributed by atoms with Gasteiger partial charge in [-0.1, -0.05) is 13.8 Å². The van der Waals surface area contributed by atoms with Crippen LogP contribution in [0.2, 0.25) is 0 Å². The van der Waals surface area contributed by atoms with Crippen LogP contribution in [0.3, 0.4) is 0 Å². The van der Waals surface area contributed by atoms with Crippen LogP contribution in [0.15, 0.2) is 0 Å². The molecular formula is C10H19NO2. The van der Waals surface area contributed by atoms with E-state index in [4.69, 9.17) is 4.74 Å². The van der Waals surface area contributed by atoms with Gasteiger partial charge in [-0.25, -0.2) is 0 Å². The molecular weight excluding hydrogens is 166 g/mol. The number of hydrogen-bond acceptors (Lipinski definition) is 3. The first kappa shape index (κ1) is 10.7. The number of hydrogen-bond donors (Lipinski definition) is 1. The standard InChI is InChI=1S/C10H19NO2/c1-4-7(2)10(12)9-5-8(13-3)6-11-9/h7-9,11H,4-6H2,1-3H3. The normalized spacial score (nSPS) is 30.4. The van der Waals surface area contributed by atoms with Crippen molar-refractivity contribution in [2.24, 2.45) is 5.92 Å². The highest BCUT2D eigenvalue weighted by molar-refractivity contribution is 5.86. The Morgan fingerprint density at radius 3 is 2.85 bits per heavy atom. The Bertz CT molecular complexity index is 182. The van der Waals surface area contributed by atoms with Crippen LogP contribution in [-0.2, 0) is 9.53 Å². The first-order valence-corrected chi connectivity index (χ1v) is 4.99. The summed E-state index contributed by atoms with van der Waals surface area (Å²) in [7, 11) is 1.70. The molecule has 1 aliphatic heterocycles. The van der Waals surface area contributed by atoms with Crippen molar-refractivity contribution in [3.8, 4) is 0 Å². The summed E-state index contributed by atoms with van der Waals surface area (Å²) in [6.45, 7) is 4.85. The summed E-state index contributed by atoms with van der Waals surface area (Å²) in [6.07, 6.45) is 1.98. The summed E-state index contributed by atoms with van der Waals surface area (Å²) in [4.78, 5) is 11.7. The van der Waals surface area contributed by atoms with E-state index in [1.165, 1.54) is 0 Å². The zero-order valence-corrected chi connectivity index (χ0v) is 8.67. The molecule has 1 rings (SSSR count). The minimum atomic E-state index is 0.0277. The van der Waals surface area contributed by atoms with Gasteiger partial charge in [0.05, 0.1) is 12.1 Å². The Labute approximate surface area is 79.8 Å². The fourth-order valence-electron chi connectivity index (χ4n) is 1.64. The van der Waals surface area contributed by atoms with Gasteiger partial charge in [0.1, 0.15) is 0 Å². The molecule has 0 aromatic heterocycles. The quantitative estimate of drug-likeness (QED) is 0.709. The van der Waals surface area contributed by atoms with E-state index in [1.54, 1.807) is 7.11 Å². The summed E-state index contributed by atoms with van der Waals surface area (Å²) in [6, 6.07) is 0.0277. The van der Waals surface area contributed by atoms with Crippen molar-refractivity contribution in [3.63, 3.8) is 0 Å². The minimum absolute atomic E-state index is 0.0277. The molecule has 0 aromatic carbocycles. The third kappa shape index (κ3) is 2.51. The van der Waals surface area contributed by atoms with E-state index < -0.39 is 0 Å². The van der Waals surface area contributed by atoms with Gasteiger partial charge < -0.3 is 10.1 Å². The first-order chi connectivity index (χ1) is 6.19.